The Morgan fingerprint density at radius 3 is 0.633 bits per heavy atom. The Morgan fingerprint density at radius 1 is 0.241 bits per heavy atom. The second-order valence-electron chi connectivity index (χ2n) is 24.9. The SMILES string of the molecule is CCCCCCCCCC/C=C\CCCCCCCCCCCCCCCCCCCCCCCCCC(=O)OCC(COC(=O)CCCCCCC)OC(=O)CCCCCCCCCCCCCCCCCCCCCCC. The lowest BCUT2D eigenvalue weighted by Gasteiger charge is -2.18. The highest BCUT2D eigenvalue weighted by molar-refractivity contribution is 5.71. The summed E-state index contributed by atoms with van der Waals surface area (Å²) < 4.78 is 16.8. The van der Waals surface area contributed by atoms with Crippen LogP contribution in [0.2, 0.25) is 0 Å². The van der Waals surface area contributed by atoms with Crippen molar-refractivity contribution in [1.82, 2.24) is 0 Å². The van der Waals surface area contributed by atoms with E-state index in [2.05, 4.69) is 32.9 Å². The predicted octanol–water partition coefficient (Wildman–Crippen LogP) is 24.8. The number of hydrogen-bond acceptors (Lipinski definition) is 6. The fraction of sp³-hybridized carbons (Fsp3) is 0.932. The molecule has 79 heavy (non-hydrogen) atoms. The lowest BCUT2D eigenvalue weighted by Crippen LogP contribution is -2.30. The van der Waals surface area contributed by atoms with Gasteiger partial charge in [-0.3, -0.25) is 14.4 Å². The zero-order chi connectivity index (χ0) is 57.1. The molecule has 0 aliphatic rings. The molecule has 0 N–H and O–H groups in total. The molecule has 0 aliphatic carbocycles. The lowest BCUT2D eigenvalue weighted by atomic mass is 10.0. The van der Waals surface area contributed by atoms with E-state index in [1.165, 1.54) is 315 Å². The van der Waals surface area contributed by atoms with Gasteiger partial charge in [-0.15, -0.1) is 0 Å². The highest BCUT2D eigenvalue weighted by Crippen LogP contribution is 2.19. The first kappa shape index (κ1) is 77.2. The normalized spacial score (nSPS) is 12.0. The summed E-state index contributed by atoms with van der Waals surface area (Å²) in [6, 6.07) is 0. The third kappa shape index (κ3) is 66.8. The number of carbonyl (C=O) groups is 3. The van der Waals surface area contributed by atoms with Crippen LogP contribution in [0.3, 0.4) is 0 Å². The summed E-state index contributed by atoms with van der Waals surface area (Å²) in [5.41, 5.74) is 0. The van der Waals surface area contributed by atoms with Gasteiger partial charge in [0.25, 0.3) is 0 Å². The Hall–Kier alpha value is -1.85. The summed E-state index contributed by atoms with van der Waals surface area (Å²) in [4.78, 5) is 38.0. The van der Waals surface area contributed by atoms with Gasteiger partial charge in [0.2, 0.25) is 0 Å². The molecule has 0 heterocycles. The molecule has 0 aromatic rings. The van der Waals surface area contributed by atoms with Crippen molar-refractivity contribution in [3.8, 4) is 0 Å². The van der Waals surface area contributed by atoms with Gasteiger partial charge in [-0.2, -0.15) is 0 Å². The highest BCUT2D eigenvalue weighted by Gasteiger charge is 2.19. The van der Waals surface area contributed by atoms with Gasteiger partial charge in [0.15, 0.2) is 6.10 Å². The van der Waals surface area contributed by atoms with E-state index in [0.717, 1.165) is 64.2 Å². The lowest BCUT2D eigenvalue weighted by molar-refractivity contribution is -0.167. The second-order valence-corrected chi connectivity index (χ2v) is 24.9. The molecule has 0 radical (unpaired) electrons. The predicted molar refractivity (Wildman–Crippen MR) is 344 cm³/mol. The zero-order valence-electron chi connectivity index (χ0n) is 53.9. The van der Waals surface area contributed by atoms with Crippen molar-refractivity contribution in [2.45, 2.75) is 425 Å². The van der Waals surface area contributed by atoms with Crippen molar-refractivity contribution in [2.24, 2.45) is 0 Å². The molecule has 0 aromatic heterocycles. The number of carbonyl (C=O) groups excluding carboxylic acids is 3. The number of ether oxygens (including phenoxy) is 3. The van der Waals surface area contributed by atoms with E-state index in [-0.39, 0.29) is 31.1 Å². The molecule has 0 rings (SSSR count). The number of unbranched alkanes of at least 4 members (excludes halogenated alkanes) is 55. The molecular formula is C73H140O6. The Kier molecular flexibility index (Phi) is 67.0. The number of hydrogen-bond donors (Lipinski definition) is 0. The fourth-order valence-corrected chi connectivity index (χ4v) is 11.3. The summed E-state index contributed by atoms with van der Waals surface area (Å²) in [6.07, 6.45) is 83.2. The molecule has 0 aliphatic heterocycles. The molecule has 6 nitrogen and oxygen atoms in total. The number of allylic oxidation sites excluding steroid dienone is 2. The molecule has 0 aromatic carbocycles. The summed E-state index contributed by atoms with van der Waals surface area (Å²) in [7, 11) is 0. The molecule has 0 bridgehead atoms. The molecule has 0 amide bonds. The van der Waals surface area contributed by atoms with Crippen LogP contribution in [-0.4, -0.2) is 37.2 Å². The molecule has 1 atom stereocenters. The van der Waals surface area contributed by atoms with E-state index in [9.17, 15) is 14.4 Å². The maximum absolute atomic E-state index is 12.8. The minimum Gasteiger partial charge on any atom is -0.462 e. The number of esters is 3. The smallest absolute Gasteiger partial charge is 0.306 e. The quantitative estimate of drug-likeness (QED) is 0.0261. The van der Waals surface area contributed by atoms with Crippen molar-refractivity contribution in [1.29, 1.82) is 0 Å². The Balaban J connectivity index is 3.84. The van der Waals surface area contributed by atoms with Crippen LogP contribution in [0.4, 0.5) is 0 Å². The topological polar surface area (TPSA) is 78.9 Å². The summed E-state index contributed by atoms with van der Waals surface area (Å²) in [5, 5.41) is 0. The summed E-state index contributed by atoms with van der Waals surface area (Å²) >= 11 is 0. The van der Waals surface area contributed by atoms with Crippen LogP contribution >= 0.6 is 0 Å². The molecule has 0 fully saturated rings. The van der Waals surface area contributed by atoms with Crippen molar-refractivity contribution in [3.05, 3.63) is 12.2 Å². The van der Waals surface area contributed by atoms with Crippen molar-refractivity contribution < 1.29 is 28.6 Å². The van der Waals surface area contributed by atoms with Gasteiger partial charge >= 0.3 is 17.9 Å². The first-order chi connectivity index (χ1) is 39.0. The molecule has 468 valence electrons. The maximum atomic E-state index is 12.8. The van der Waals surface area contributed by atoms with Crippen LogP contribution in [0, 0.1) is 0 Å². The van der Waals surface area contributed by atoms with Gasteiger partial charge in [-0.25, -0.2) is 0 Å². The molecule has 0 saturated carbocycles. The number of rotatable bonds is 68. The highest BCUT2D eigenvalue weighted by atomic mass is 16.6. The molecule has 0 saturated heterocycles. The zero-order valence-corrected chi connectivity index (χ0v) is 53.9. The summed E-state index contributed by atoms with van der Waals surface area (Å²) in [5.74, 6) is -0.846. The molecule has 0 spiro atoms. The van der Waals surface area contributed by atoms with Crippen LogP contribution in [0.1, 0.15) is 419 Å². The van der Waals surface area contributed by atoms with Crippen LogP contribution in [0.15, 0.2) is 12.2 Å². The maximum Gasteiger partial charge on any atom is 0.306 e. The fourth-order valence-electron chi connectivity index (χ4n) is 11.3. The van der Waals surface area contributed by atoms with Crippen molar-refractivity contribution >= 4 is 17.9 Å². The minimum atomic E-state index is -0.762. The molecule has 6 heteroatoms. The van der Waals surface area contributed by atoms with E-state index >= 15 is 0 Å². The third-order valence-corrected chi connectivity index (χ3v) is 16.8. The van der Waals surface area contributed by atoms with Gasteiger partial charge in [0.1, 0.15) is 13.2 Å². The van der Waals surface area contributed by atoms with E-state index in [0.29, 0.717) is 19.3 Å². The monoisotopic (exact) mass is 1110 g/mol. The average molecular weight is 1110 g/mol. The Bertz CT molecular complexity index is 1230. The summed E-state index contributed by atoms with van der Waals surface area (Å²) in [6.45, 7) is 6.64. The minimum absolute atomic E-state index is 0.0633. The van der Waals surface area contributed by atoms with E-state index in [4.69, 9.17) is 14.2 Å². The van der Waals surface area contributed by atoms with Crippen LogP contribution < -0.4 is 0 Å². The van der Waals surface area contributed by atoms with E-state index in [1.807, 2.05) is 0 Å². The standard InChI is InChI=1S/C73H140O6/c1-4-7-10-13-15-17-19-21-23-25-27-29-30-31-32-33-34-35-36-37-38-39-40-41-42-44-45-47-49-51-53-55-57-60-63-66-72(75)78-69-70(68-77-71(74)65-62-59-12-9-6-3)79-73(76)67-64-61-58-56-54-52-50-48-46-43-28-26-24-22-20-18-16-14-11-8-5-2/h25,27,70H,4-24,26,28-69H2,1-3H3/b27-25-. The van der Waals surface area contributed by atoms with Crippen LogP contribution in [0.5, 0.6) is 0 Å². The first-order valence-electron chi connectivity index (χ1n) is 36.2. The van der Waals surface area contributed by atoms with Gasteiger partial charge < -0.3 is 14.2 Å². The largest absolute Gasteiger partial charge is 0.462 e. The van der Waals surface area contributed by atoms with E-state index in [1.54, 1.807) is 0 Å². The van der Waals surface area contributed by atoms with Crippen LogP contribution in [-0.2, 0) is 28.6 Å². The molecular weight excluding hydrogens is 973 g/mol. The van der Waals surface area contributed by atoms with Gasteiger partial charge in [-0.05, 0) is 44.9 Å². The van der Waals surface area contributed by atoms with Gasteiger partial charge in [-0.1, -0.05) is 367 Å². The van der Waals surface area contributed by atoms with Gasteiger partial charge in [0.05, 0.1) is 0 Å². The van der Waals surface area contributed by atoms with E-state index < -0.39 is 6.10 Å². The second kappa shape index (κ2) is 68.6. The third-order valence-electron chi connectivity index (χ3n) is 16.8. The Morgan fingerprint density at radius 2 is 0.418 bits per heavy atom. The van der Waals surface area contributed by atoms with Crippen LogP contribution in [0.25, 0.3) is 0 Å². The van der Waals surface area contributed by atoms with Gasteiger partial charge in [0, 0.05) is 19.3 Å². The average Bonchev–Trinajstić information content (AvgIpc) is 3.45. The van der Waals surface area contributed by atoms with Crippen molar-refractivity contribution in [3.63, 3.8) is 0 Å². The Labute approximate surface area is 494 Å². The first-order valence-corrected chi connectivity index (χ1v) is 36.2. The molecule has 1 unspecified atom stereocenters. The van der Waals surface area contributed by atoms with Crippen molar-refractivity contribution in [2.75, 3.05) is 13.2 Å².